The summed E-state index contributed by atoms with van der Waals surface area (Å²) in [5.41, 5.74) is 1.84. The van der Waals surface area contributed by atoms with Crippen LogP contribution in [-0.2, 0) is 17.6 Å². The minimum Gasteiger partial charge on any atom is -0.465 e. The average Bonchev–Trinajstić information content (AvgIpc) is 3.21. The van der Waals surface area contributed by atoms with E-state index in [1.165, 1.54) is 18.4 Å². The fourth-order valence-corrected chi connectivity index (χ4v) is 4.59. The number of carbonyl (C=O) groups excluding carboxylic acids is 2. The second-order valence-electron chi connectivity index (χ2n) is 6.01. The van der Waals surface area contributed by atoms with Gasteiger partial charge in [-0.25, -0.2) is 4.79 Å². The number of fused-ring (bicyclic) bond motifs is 1. The minimum absolute atomic E-state index is 0.400. The van der Waals surface area contributed by atoms with Crippen molar-refractivity contribution in [1.82, 2.24) is 5.32 Å². The van der Waals surface area contributed by atoms with Crippen LogP contribution < -0.4 is 10.6 Å². The highest BCUT2D eigenvalue weighted by Crippen LogP contribution is 2.41. The molecule has 2 aromatic rings. The van der Waals surface area contributed by atoms with Crippen molar-refractivity contribution in [2.24, 2.45) is 0 Å². The molecule has 144 valence electrons. The molecule has 0 saturated heterocycles. The van der Waals surface area contributed by atoms with Crippen LogP contribution in [0.4, 0.5) is 5.00 Å². The van der Waals surface area contributed by atoms with Crippen LogP contribution in [0.1, 0.15) is 37.6 Å². The van der Waals surface area contributed by atoms with E-state index in [4.69, 9.17) is 39.5 Å². The molecular weight excluding hydrogens is 431 g/mol. The van der Waals surface area contributed by atoms with E-state index in [-0.39, 0.29) is 0 Å². The van der Waals surface area contributed by atoms with Gasteiger partial charge in [-0.1, -0.05) is 53.0 Å². The normalized spacial score (nSPS) is 14.4. The van der Waals surface area contributed by atoms with Crippen molar-refractivity contribution in [3.8, 4) is 0 Å². The van der Waals surface area contributed by atoms with Gasteiger partial charge in [0.15, 0.2) is 0 Å². The molecule has 0 radical (unpaired) electrons. The lowest BCUT2D eigenvalue weighted by Crippen LogP contribution is -2.49. The Morgan fingerprint density at radius 2 is 1.89 bits per heavy atom. The van der Waals surface area contributed by atoms with Gasteiger partial charge in [-0.2, -0.15) is 0 Å². The van der Waals surface area contributed by atoms with Crippen LogP contribution in [0.25, 0.3) is 0 Å². The van der Waals surface area contributed by atoms with Crippen LogP contribution in [0.15, 0.2) is 30.3 Å². The van der Waals surface area contributed by atoms with Crippen LogP contribution >= 0.6 is 46.1 Å². The Balaban J connectivity index is 1.88. The second-order valence-corrected chi connectivity index (χ2v) is 9.49. The summed E-state index contributed by atoms with van der Waals surface area (Å²) in [6.07, 6.45) is 1.63. The number of thiophene rings is 1. The number of hydrogen-bond acceptors (Lipinski definition) is 5. The maximum atomic E-state index is 12.5. The number of anilines is 1. The van der Waals surface area contributed by atoms with Crippen molar-refractivity contribution in [3.63, 3.8) is 0 Å². The molecule has 2 N–H and O–H groups in total. The van der Waals surface area contributed by atoms with E-state index in [9.17, 15) is 9.59 Å². The largest absolute Gasteiger partial charge is 0.465 e. The summed E-state index contributed by atoms with van der Waals surface area (Å²) in [6.45, 7) is 0. The predicted molar refractivity (Wildman–Crippen MR) is 109 cm³/mol. The number of ether oxygens (including phenoxy) is 1. The molecule has 1 heterocycles. The Hall–Kier alpha value is -1.47. The van der Waals surface area contributed by atoms with Crippen LogP contribution in [0, 0.1) is 0 Å². The molecule has 0 spiro atoms. The SMILES string of the molecule is COC(=O)c1c(N[C@H](NC(=O)c2ccccc2)C(Cl)(Cl)Cl)sc2c1CCC2. The second kappa shape index (κ2) is 8.27. The average molecular weight is 448 g/mol. The number of amides is 1. The first-order chi connectivity index (χ1) is 12.8. The van der Waals surface area contributed by atoms with Crippen molar-refractivity contribution in [3.05, 3.63) is 51.9 Å². The van der Waals surface area contributed by atoms with Gasteiger partial charge in [-0.3, -0.25) is 4.79 Å². The Bertz CT molecular complexity index is 850. The molecule has 0 bridgehead atoms. The van der Waals surface area contributed by atoms with Gasteiger partial charge in [0.2, 0.25) is 3.79 Å². The monoisotopic (exact) mass is 446 g/mol. The summed E-state index contributed by atoms with van der Waals surface area (Å²) in [4.78, 5) is 25.9. The molecule has 0 fully saturated rings. The first-order valence-corrected chi connectivity index (χ1v) is 10.2. The molecular formula is C18H17Cl3N2O3S. The van der Waals surface area contributed by atoms with Crippen LogP contribution in [0.2, 0.25) is 0 Å². The van der Waals surface area contributed by atoms with Gasteiger partial charge in [0.05, 0.1) is 12.7 Å². The number of esters is 1. The number of alkyl halides is 3. The summed E-state index contributed by atoms with van der Waals surface area (Å²) in [5.74, 6) is -0.850. The van der Waals surface area contributed by atoms with Gasteiger partial charge in [0.25, 0.3) is 5.91 Å². The number of rotatable bonds is 5. The molecule has 3 rings (SSSR count). The first kappa shape index (κ1) is 20.3. The van der Waals surface area contributed by atoms with Gasteiger partial charge in [0, 0.05) is 10.4 Å². The zero-order chi connectivity index (χ0) is 19.6. The Kier molecular flexibility index (Phi) is 6.21. The number of aryl methyl sites for hydroxylation is 1. The molecule has 9 heteroatoms. The lowest BCUT2D eigenvalue weighted by Gasteiger charge is -2.27. The lowest BCUT2D eigenvalue weighted by atomic mass is 10.1. The molecule has 1 amide bonds. The molecule has 0 saturated carbocycles. The smallest absolute Gasteiger partial charge is 0.341 e. The molecule has 5 nitrogen and oxygen atoms in total. The van der Waals surface area contributed by atoms with Crippen LogP contribution in [0.3, 0.4) is 0 Å². The number of carbonyl (C=O) groups is 2. The van der Waals surface area contributed by atoms with Crippen molar-refractivity contribution < 1.29 is 14.3 Å². The van der Waals surface area contributed by atoms with Crippen LogP contribution in [0.5, 0.6) is 0 Å². The van der Waals surface area contributed by atoms with Crippen LogP contribution in [-0.4, -0.2) is 28.9 Å². The molecule has 1 atom stereocenters. The fourth-order valence-electron chi connectivity index (χ4n) is 2.96. The molecule has 27 heavy (non-hydrogen) atoms. The molecule has 0 aliphatic heterocycles. The summed E-state index contributed by atoms with van der Waals surface area (Å²) >= 11 is 19.7. The minimum atomic E-state index is -1.84. The van der Waals surface area contributed by atoms with E-state index < -0.39 is 21.8 Å². The zero-order valence-corrected chi connectivity index (χ0v) is 17.4. The van der Waals surface area contributed by atoms with E-state index in [0.29, 0.717) is 16.1 Å². The van der Waals surface area contributed by atoms with E-state index in [1.54, 1.807) is 30.3 Å². The van der Waals surface area contributed by atoms with Crippen molar-refractivity contribution in [2.45, 2.75) is 29.2 Å². The summed E-state index contributed by atoms with van der Waals surface area (Å²) in [7, 11) is 1.33. The Labute approximate surface area is 175 Å². The molecule has 1 aromatic carbocycles. The Morgan fingerprint density at radius 1 is 1.19 bits per heavy atom. The standard InChI is InChI=1S/C18H17Cl3N2O3S/c1-26-16(25)13-11-8-5-9-12(11)27-15(13)23-17(18(19,20)21)22-14(24)10-6-3-2-4-7-10/h2-4,6-7,17,23H,5,8-9H2,1H3,(H,22,24)/t17-/m0/s1. The third-order valence-electron chi connectivity index (χ3n) is 4.22. The molecule has 0 unspecified atom stereocenters. The topological polar surface area (TPSA) is 67.4 Å². The van der Waals surface area contributed by atoms with Gasteiger partial charge < -0.3 is 15.4 Å². The van der Waals surface area contributed by atoms with Crippen molar-refractivity contribution in [1.29, 1.82) is 0 Å². The summed E-state index contributed by atoms with van der Waals surface area (Å²) in [6, 6.07) is 8.60. The van der Waals surface area contributed by atoms with Gasteiger partial charge in [-0.15, -0.1) is 11.3 Å². The summed E-state index contributed by atoms with van der Waals surface area (Å²) in [5, 5.41) is 6.23. The number of halogens is 3. The number of nitrogens with one attached hydrogen (secondary N) is 2. The van der Waals surface area contributed by atoms with Gasteiger partial charge in [-0.05, 0) is 37.0 Å². The van der Waals surface area contributed by atoms with Gasteiger partial charge in [0.1, 0.15) is 11.2 Å². The van der Waals surface area contributed by atoms with E-state index in [1.807, 2.05) is 0 Å². The predicted octanol–water partition coefficient (Wildman–Crippen LogP) is 4.56. The Morgan fingerprint density at radius 3 is 2.52 bits per heavy atom. The maximum Gasteiger partial charge on any atom is 0.341 e. The maximum absolute atomic E-state index is 12.5. The van der Waals surface area contributed by atoms with Crippen molar-refractivity contribution >= 4 is 63.0 Å². The van der Waals surface area contributed by atoms with E-state index in [0.717, 1.165) is 29.7 Å². The molecule has 1 aromatic heterocycles. The highest BCUT2D eigenvalue weighted by atomic mass is 35.6. The fraction of sp³-hybridized carbons (Fsp3) is 0.333. The lowest BCUT2D eigenvalue weighted by molar-refractivity contribution is 0.0601. The quantitative estimate of drug-likeness (QED) is 0.400. The molecule has 1 aliphatic rings. The third kappa shape index (κ3) is 4.51. The summed E-state index contributed by atoms with van der Waals surface area (Å²) < 4.78 is 3.08. The number of benzene rings is 1. The highest BCUT2D eigenvalue weighted by molar-refractivity contribution is 7.16. The first-order valence-electron chi connectivity index (χ1n) is 8.23. The third-order valence-corrected chi connectivity index (χ3v) is 6.10. The zero-order valence-electron chi connectivity index (χ0n) is 14.4. The highest BCUT2D eigenvalue weighted by Gasteiger charge is 2.37. The molecule has 1 aliphatic carbocycles. The van der Waals surface area contributed by atoms with Crippen molar-refractivity contribution in [2.75, 3.05) is 12.4 Å². The van der Waals surface area contributed by atoms with E-state index >= 15 is 0 Å². The van der Waals surface area contributed by atoms with E-state index in [2.05, 4.69) is 10.6 Å². The van der Waals surface area contributed by atoms with Gasteiger partial charge >= 0.3 is 5.97 Å². The number of methoxy groups -OCH3 is 1. The number of hydrogen-bond donors (Lipinski definition) is 2.